The monoisotopic (exact) mass is 408 g/mol. The molecule has 0 spiro atoms. The van der Waals surface area contributed by atoms with Gasteiger partial charge in [-0.25, -0.2) is 4.68 Å². The molecule has 1 atom stereocenters. The van der Waals surface area contributed by atoms with E-state index in [4.69, 9.17) is 4.52 Å². The lowest BCUT2D eigenvalue weighted by molar-refractivity contribution is -0.116. The van der Waals surface area contributed by atoms with Gasteiger partial charge in [0.15, 0.2) is 5.82 Å². The lowest BCUT2D eigenvalue weighted by atomic mass is 9.98. The zero-order valence-electron chi connectivity index (χ0n) is 17.8. The van der Waals surface area contributed by atoms with Crippen LogP contribution in [0.25, 0.3) is 5.69 Å². The maximum Gasteiger partial charge on any atom is 0.231 e. The smallest absolute Gasteiger partial charge is 0.231 e. The second-order valence-corrected chi connectivity index (χ2v) is 7.91. The number of anilines is 1. The van der Waals surface area contributed by atoms with E-state index in [1.807, 2.05) is 55.8 Å². The summed E-state index contributed by atoms with van der Waals surface area (Å²) in [7, 11) is 0. The Morgan fingerprint density at radius 1 is 1.23 bits per heavy atom. The predicted molar refractivity (Wildman–Crippen MR) is 114 cm³/mol. The van der Waals surface area contributed by atoms with Gasteiger partial charge in [-0.15, -0.1) is 0 Å². The Labute approximate surface area is 176 Å². The van der Waals surface area contributed by atoms with Crippen LogP contribution in [-0.4, -0.2) is 50.4 Å². The van der Waals surface area contributed by atoms with E-state index in [1.54, 1.807) is 0 Å². The van der Waals surface area contributed by atoms with Gasteiger partial charge in [0.2, 0.25) is 11.8 Å². The third-order valence-electron chi connectivity index (χ3n) is 5.61. The molecule has 0 aliphatic carbocycles. The highest BCUT2D eigenvalue weighted by Gasteiger charge is 2.26. The minimum absolute atomic E-state index is 0.00423. The Morgan fingerprint density at radius 2 is 2.03 bits per heavy atom. The molecule has 158 valence electrons. The fraction of sp³-hybridized carbons (Fsp3) is 0.455. The molecule has 3 heterocycles. The summed E-state index contributed by atoms with van der Waals surface area (Å²) in [5, 5.41) is 11.6. The van der Waals surface area contributed by atoms with Crippen LogP contribution in [0.4, 0.5) is 5.69 Å². The second kappa shape index (κ2) is 8.79. The summed E-state index contributed by atoms with van der Waals surface area (Å²) in [4.78, 5) is 19.3. The molecule has 1 amide bonds. The lowest BCUT2D eigenvalue weighted by Crippen LogP contribution is -2.36. The first-order valence-corrected chi connectivity index (χ1v) is 10.5. The van der Waals surface area contributed by atoms with Crippen molar-refractivity contribution in [2.75, 3.05) is 25.0 Å². The molecule has 1 fully saturated rings. The average molecular weight is 409 g/mol. The van der Waals surface area contributed by atoms with Crippen molar-refractivity contribution in [3.05, 3.63) is 53.4 Å². The van der Waals surface area contributed by atoms with Crippen LogP contribution < -0.4 is 5.32 Å². The molecule has 2 aromatic heterocycles. The number of aromatic nitrogens is 4. The summed E-state index contributed by atoms with van der Waals surface area (Å²) in [5.41, 5.74) is 3.52. The highest BCUT2D eigenvalue weighted by Crippen LogP contribution is 2.26. The number of carbonyl (C=O) groups is 1. The van der Waals surface area contributed by atoms with Crippen LogP contribution in [0.3, 0.4) is 0 Å². The van der Waals surface area contributed by atoms with Crippen molar-refractivity contribution in [1.29, 1.82) is 0 Å². The topological polar surface area (TPSA) is 89.1 Å². The zero-order chi connectivity index (χ0) is 21.1. The Bertz CT molecular complexity index is 1010. The van der Waals surface area contributed by atoms with Crippen molar-refractivity contribution in [2.45, 2.75) is 46.0 Å². The standard InChI is InChI=1S/C22H28N6O2/c1-15-21(16(2)28(25-15)19-9-5-4-6-10-19)24-20(29)11-13-27-12-7-8-18(14-27)22-23-17(3)26-30-22/h4-6,9-10,18H,7-8,11-14H2,1-3H3,(H,24,29). The third kappa shape index (κ3) is 4.43. The Kier molecular flexibility index (Phi) is 5.94. The van der Waals surface area contributed by atoms with Gasteiger partial charge in [-0.05, 0) is 52.3 Å². The van der Waals surface area contributed by atoms with E-state index < -0.39 is 0 Å². The first kappa shape index (κ1) is 20.3. The summed E-state index contributed by atoms with van der Waals surface area (Å²) in [6.45, 7) is 8.27. The minimum Gasteiger partial charge on any atom is -0.339 e. The summed E-state index contributed by atoms with van der Waals surface area (Å²) in [5.74, 6) is 1.63. The van der Waals surface area contributed by atoms with Gasteiger partial charge in [-0.1, -0.05) is 23.4 Å². The van der Waals surface area contributed by atoms with Crippen LogP contribution in [0.15, 0.2) is 34.9 Å². The number of nitrogens with one attached hydrogen (secondary N) is 1. The Hall–Kier alpha value is -3.00. The maximum atomic E-state index is 12.6. The molecular weight excluding hydrogens is 380 g/mol. The molecule has 0 saturated carbocycles. The van der Waals surface area contributed by atoms with E-state index in [1.165, 1.54) is 0 Å². The zero-order valence-corrected chi connectivity index (χ0v) is 17.8. The fourth-order valence-corrected chi connectivity index (χ4v) is 4.04. The molecule has 1 aliphatic heterocycles. The number of amides is 1. The van der Waals surface area contributed by atoms with Crippen molar-refractivity contribution >= 4 is 11.6 Å². The molecule has 1 unspecified atom stereocenters. The maximum absolute atomic E-state index is 12.6. The molecule has 8 nitrogen and oxygen atoms in total. The van der Waals surface area contributed by atoms with E-state index in [0.717, 1.165) is 48.7 Å². The van der Waals surface area contributed by atoms with Gasteiger partial charge >= 0.3 is 0 Å². The summed E-state index contributed by atoms with van der Waals surface area (Å²) >= 11 is 0. The van der Waals surface area contributed by atoms with Crippen LogP contribution in [0.1, 0.15) is 48.3 Å². The average Bonchev–Trinajstić information content (AvgIpc) is 3.31. The minimum atomic E-state index is 0.00423. The number of aryl methyl sites for hydroxylation is 2. The van der Waals surface area contributed by atoms with E-state index in [2.05, 4.69) is 25.5 Å². The van der Waals surface area contributed by atoms with Gasteiger partial charge < -0.3 is 14.7 Å². The number of hydrogen-bond donors (Lipinski definition) is 1. The van der Waals surface area contributed by atoms with Gasteiger partial charge in [0.25, 0.3) is 0 Å². The molecule has 8 heteroatoms. The van der Waals surface area contributed by atoms with Crippen LogP contribution >= 0.6 is 0 Å². The molecule has 3 aromatic rings. The Balaban J connectivity index is 1.34. The van der Waals surface area contributed by atoms with Crippen molar-refractivity contribution in [3.8, 4) is 5.69 Å². The number of benzene rings is 1. The van der Waals surface area contributed by atoms with Crippen LogP contribution in [0.5, 0.6) is 0 Å². The number of hydrogen-bond acceptors (Lipinski definition) is 6. The number of carbonyl (C=O) groups excluding carboxylic acids is 1. The van der Waals surface area contributed by atoms with Crippen molar-refractivity contribution in [1.82, 2.24) is 24.8 Å². The van der Waals surface area contributed by atoms with Crippen LogP contribution in [0, 0.1) is 20.8 Å². The largest absolute Gasteiger partial charge is 0.339 e. The van der Waals surface area contributed by atoms with Crippen LogP contribution in [-0.2, 0) is 4.79 Å². The quantitative estimate of drug-likeness (QED) is 0.673. The van der Waals surface area contributed by atoms with Gasteiger partial charge in [0.05, 0.1) is 28.7 Å². The van der Waals surface area contributed by atoms with Crippen molar-refractivity contribution in [2.24, 2.45) is 0 Å². The molecule has 1 aliphatic rings. The summed E-state index contributed by atoms with van der Waals surface area (Å²) < 4.78 is 7.21. The van der Waals surface area contributed by atoms with E-state index in [-0.39, 0.29) is 11.8 Å². The number of likely N-dealkylation sites (tertiary alicyclic amines) is 1. The molecule has 1 saturated heterocycles. The molecule has 0 radical (unpaired) electrons. The molecule has 30 heavy (non-hydrogen) atoms. The van der Waals surface area contributed by atoms with Gasteiger partial charge in [0, 0.05) is 19.5 Å². The number of rotatable bonds is 6. The van der Waals surface area contributed by atoms with Gasteiger partial charge in [-0.2, -0.15) is 10.1 Å². The van der Waals surface area contributed by atoms with Crippen molar-refractivity contribution < 1.29 is 9.32 Å². The third-order valence-corrected chi connectivity index (χ3v) is 5.61. The summed E-state index contributed by atoms with van der Waals surface area (Å²) in [6, 6.07) is 9.94. The number of piperidine rings is 1. The highest BCUT2D eigenvalue weighted by molar-refractivity contribution is 5.92. The van der Waals surface area contributed by atoms with E-state index in [0.29, 0.717) is 24.7 Å². The van der Waals surface area contributed by atoms with Gasteiger partial charge in [0.1, 0.15) is 0 Å². The Morgan fingerprint density at radius 3 is 2.77 bits per heavy atom. The normalized spacial score (nSPS) is 17.2. The fourth-order valence-electron chi connectivity index (χ4n) is 4.04. The SMILES string of the molecule is Cc1noc(C2CCCN(CCC(=O)Nc3c(C)nn(-c4ccccc4)c3C)C2)n1. The highest BCUT2D eigenvalue weighted by atomic mass is 16.5. The molecule has 4 rings (SSSR count). The number of para-hydroxylation sites is 1. The first-order chi connectivity index (χ1) is 14.5. The van der Waals surface area contributed by atoms with Crippen LogP contribution in [0.2, 0.25) is 0 Å². The van der Waals surface area contributed by atoms with Crippen molar-refractivity contribution in [3.63, 3.8) is 0 Å². The molecule has 0 bridgehead atoms. The van der Waals surface area contributed by atoms with E-state index >= 15 is 0 Å². The number of nitrogens with zero attached hydrogens (tertiary/aromatic N) is 5. The first-order valence-electron chi connectivity index (χ1n) is 10.5. The molecule has 1 aromatic carbocycles. The van der Waals surface area contributed by atoms with Gasteiger partial charge in [-0.3, -0.25) is 4.79 Å². The summed E-state index contributed by atoms with van der Waals surface area (Å²) in [6.07, 6.45) is 2.54. The predicted octanol–water partition coefficient (Wildman–Crippen LogP) is 3.39. The second-order valence-electron chi connectivity index (χ2n) is 7.91. The van der Waals surface area contributed by atoms with E-state index in [9.17, 15) is 4.79 Å². The lowest BCUT2D eigenvalue weighted by Gasteiger charge is -2.30. The molecular formula is C22H28N6O2. The molecule has 1 N–H and O–H groups in total.